The summed E-state index contributed by atoms with van der Waals surface area (Å²) in [4.78, 5) is 36.6. The molecule has 3 rings (SSSR count). The first-order chi connectivity index (χ1) is 16.8. The molecule has 0 radical (unpaired) electrons. The summed E-state index contributed by atoms with van der Waals surface area (Å²) in [5.41, 5.74) is 1.05. The summed E-state index contributed by atoms with van der Waals surface area (Å²) in [7, 11) is 2.43. The van der Waals surface area contributed by atoms with Crippen molar-refractivity contribution in [3.8, 4) is 11.4 Å². The number of anilines is 1. The lowest BCUT2D eigenvalue weighted by molar-refractivity contribution is -0.113. The third-order valence-corrected chi connectivity index (χ3v) is 6.11. The summed E-state index contributed by atoms with van der Waals surface area (Å²) < 4.78 is 11.2. The molecule has 0 spiro atoms. The van der Waals surface area contributed by atoms with Gasteiger partial charge in [-0.25, -0.2) is 9.59 Å². The fourth-order valence-electron chi connectivity index (χ4n) is 3.06. The molecule has 2 aromatic carbocycles. The van der Waals surface area contributed by atoms with Gasteiger partial charge in [0.1, 0.15) is 0 Å². The molecule has 0 aliphatic carbocycles. The molecular weight excluding hydrogens is 515 g/mol. The van der Waals surface area contributed by atoms with Crippen LogP contribution in [0.1, 0.15) is 20.7 Å². The Morgan fingerprint density at radius 3 is 2.29 bits per heavy atom. The van der Waals surface area contributed by atoms with E-state index in [-0.39, 0.29) is 22.6 Å². The molecule has 0 unspecified atom stereocenters. The molecule has 0 aliphatic heterocycles. The van der Waals surface area contributed by atoms with Gasteiger partial charge in [0.05, 0.1) is 36.1 Å². The number of nitrogens with one attached hydrogen (secondary N) is 1. The lowest BCUT2D eigenvalue weighted by atomic mass is 10.1. The van der Waals surface area contributed by atoms with Crippen LogP contribution in [0, 0.1) is 0 Å². The number of hydrogen-bond donors (Lipinski definition) is 1. The molecule has 9 nitrogen and oxygen atoms in total. The first-order valence-electron chi connectivity index (χ1n) is 10.0. The van der Waals surface area contributed by atoms with Crippen LogP contribution in [0.25, 0.3) is 11.4 Å². The number of nitrogens with zero attached hydrogens (tertiary/aromatic N) is 3. The molecule has 0 saturated heterocycles. The van der Waals surface area contributed by atoms with Gasteiger partial charge in [0.2, 0.25) is 5.91 Å². The molecular formula is C23H20Cl2N4O5S. The van der Waals surface area contributed by atoms with Gasteiger partial charge >= 0.3 is 11.9 Å². The van der Waals surface area contributed by atoms with Gasteiger partial charge in [-0.2, -0.15) is 0 Å². The Kier molecular flexibility index (Phi) is 8.91. The minimum atomic E-state index is -0.661. The Balaban J connectivity index is 1.79. The first-order valence-corrected chi connectivity index (χ1v) is 11.8. The van der Waals surface area contributed by atoms with Crippen LogP contribution in [-0.4, -0.2) is 52.6 Å². The summed E-state index contributed by atoms with van der Waals surface area (Å²) in [6.45, 7) is 4.15. The standard InChI is InChI=1S/C23H20Cl2N4O5S/c1-4-7-29-20(17-6-5-15(24)11-18(17)25)27-28-23(29)35-12-19(30)26-16-9-13(21(31)33-2)8-14(10-16)22(32)34-3/h4-6,8-11H,1,7,12H2,2-3H3,(H,26,30). The number of benzene rings is 2. The highest BCUT2D eigenvalue weighted by Crippen LogP contribution is 2.31. The monoisotopic (exact) mass is 534 g/mol. The Morgan fingerprint density at radius 2 is 1.71 bits per heavy atom. The average molecular weight is 535 g/mol. The van der Waals surface area contributed by atoms with E-state index >= 15 is 0 Å². The number of carbonyl (C=O) groups excluding carboxylic acids is 3. The molecule has 3 aromatic rings. The van der Waals surface area contributed by atoms with Gasteiger partial charge in [-0.3, -0.25) is 9.36 Å². The molecule has 0 fully saturated rings. The number of allylic oxidation sites excluding steroid dienone is 1. The number of ether oxygens (including phenoxy) is 2. The quantitative estimate of drug-likeness (QED) is 0.238. The Morgan fingerprint density at radius 1 is 1.06 bits per heavy atom. The lowest BCUT2D eigenvalue weighted by Gasteiger charge is -2.10. The van der Waals surface area contributed by atoms with Crippen LogP contribution < -0.4 is 5.32 Å². The van der Waals surface area contributed by atoms with Gasteiger partial charge in [0, 0.05) is 22.8 Å². The van der Waals surface area contributed by atoms with Crippen molar-refractivity contribution in [2.45, 2.75) is 11.7 Å². The Hall–Kier alpha value is -3.34. The number of esters is 2. The summed E-state index contributed by atoms with van der Waals surface area (Å²) in [6.07, 6.45) is 1.67. The predicted molar refractivity (Wildman–Crippen MR) is 134 cm³/mol. The van der Waals surface area contributed by atoms with Crippen molar-refractivity contribution in [1.29, 1.82) is 0 Å². The molecule has 0 bridgehead atoms. The zero-order valence-electron chi connectivity index (χ0n) is 18.7. The molecule has 12 heteroatoms. The van der Waals surface area contributed by atoms with E-state index in [1.54, 1.807) is 28.8 Å². The molecule has 1 N–H and O–H groups in total. The summed E-state index contributed by atoms with van der Waals surface area (Å²) in [6, 6.07) is 9.17. The zero-order chi connectivity index (χ0) is 25.5. The number of thioether (sulfide) groups is 1. The minimum absolute atomic E-state index is 0.0281. The number of aromatic nitrogens is 3. The summed E-state index contributed by atoms with van der Waals surface area (Å²) in [5.74, 6) is -1.24. The maximum atomic E-state index is 12.6. The van der Waals surface area contributed by atoms with Crippen molar-refractivity contribution in [3.63, 3.8) is 0 Å². The molecule has 0 saturated carbocycles. The minimum Gasteiger partial charge on any atom is -0.465 e. The Bertz CT molecular complexity index is 1260. The highest BCUT2D eigenvalue weighted by molar-refractivity contribution is 7.99. The zero-order valence-corrected chi connectivity index (χ0v) is 21.0. The highest BCUT2D eigenvalue weighted by atomic mass is 35.5. The van der Waals surface area contributed by atoms with E-state index in [1.807, 2.05) is 0 Å². The van der Waals surface area contributed by atoms with Gasteiger partial charge in [0.25, 0.3) is 0 Å². The fraction of sp³-hybridized carbons (Fsp3) is 0.174. The van der Waals surface area contributed by atoms with Crippen molar-refractivity contribution in [2.24, 2.45) is 0 Å². The van der Waals surface area contributed by atoms with E-state index in [9.17, 15) is 14.4 Å². The van der Waals surface area contributed by atoms with Crippen LogP contribution in [0.5, 0.6) is 0 Å². The third-order valence-electron chi connectivity index (χ3n) is 4.59. The first kappa shape index (κ1) is 26.3. The van der Waals surface area contributed by atoms with Gasteiger partial charge in [-0.05, 0) is 36.4 Å². The molecule has 1 aromatic heterocycles. The number of hydrogen-bond acceptors (Lipinski definition) is 8. The van der Waals surface area contributed by atoms with E-state index in [0.29, 0.717) is 33.1 Å². The van der Waals surface area contributed by atoms with Crippen LogP contribution in [-0.2, 0) is 20.8 Å². The number of amides is 1. The Labute approximate surface area is 215 Å². The molecule has 1 amide bonds. The molecule has 0 aliphatic rings. The molecule has 1 heterocycles. The molecule has 0 atom stereocenters. The normalized spacial score (nSPS) is 10.5. The van der Waals surface area contributed by atoms with Gasteiger partial charge < -0.3 is 14.8 Å². The van der Waals surface area contributed by atoms with Crippen molar-refractivity contribution in [3.05, 3.63) is 70.2 Å². The number of carbonyl (C=O) groups is 3. The topological polar surface area (TPSA) is 112 Å². The second-order valence-corrected chi connectivity index (χ2v) is 8.73. The number of methoxy groups -OCH3 is 2. The largest absolute Gasteiger partial charge is 0.465 e. The smallest absolute Gasteiger partial charge is 0.337 e. The lowest BCUT2D eigenvalue weighted by Crippen LogP contribution is -2.16. The van der Waals surface area contributed by atoms with Gasteiger partial charge in [-0.15, -0.1) is 16.8 Å². The van der Waals surface area contributed by atoms with Crippen LogP contribution in [0.4, 0.5) is 5.69 Å². The SMILES string of the molecule is C=CCn1c(SCC(=O)Nc2cc(C(=O)OC)cc(C(=O)OC)c2)nnc1-c1ccc(Cl)cc1Cl. The number of rotatable bonds is 9. The van der Waals surface area contributed by atoms with Crippen molar-refractivity contribution in [2.75, 3.05) is 25.3 Å². The maximum Gasteiger partial charge on any atom is 0.337 e. The summed E-state index contributed by atoms with van der Waals surface area (Å²) >= 11 is 13.5. The van der Waals surface area contributed by atoms with Crippen LogP contribution in [0.3, 0.4) is 0 Å². The van der Waals surface area contributed by atoms with E-state index in [1.165, 1.54) is 32.4 Å². The van der Waals surface area contributed by atoms with Crippen LogP contribution in [0.15, 0.2) is 54.2 Å². The fourth-order valence-corrected chi connectivity index (χ4v) is 4.30. The molecule has 35 heavy (non-hydrogen) atoms. The van der Waals surface area contributed by atoms with Crippen molar-refractivity contribution < 1.29 is 23.9 Å². The second kappa shape index (κ2) is 11.9. The van der Waals surface area contributed by atoms with Crippen LogP contribution >= 0.6 is 35.0 Å². The van der Waals surface area contributed by atoms with Gasteiger partial charge in [-0.1, -0.05) is 41.0 Å². The maximum absolute atomic E-state index is 12.6. The third kappa shape index (κ3) is 6.41. The summed E-state index contributed by atoms with van der Waals surface area (Å²) in [5, 5.41) is 12.4. The number of halogens is 2. The van der Waals surface area contributed by atoms with Crippen LogP contribution in [0.2, 0.25) is 10.0 Å². The van der Waals surface area contributed by atoms with E-state index in [0.717, 1.165) is 11.8 Å². The van der Waals surface area contributed by atoms with Gasteiger partial charge in [0.15, 0.2) is 11.0 Å². The highest BCUT2D eigenvalue weighted by Gasteiger charge is 2.18. The van der Waals surface area contributed by atoms with Crippen molar-refractivity contribution >= 4 is 58.5 Å². The average Bonchev–Trinajstić information content (AvgIpc) is 3.23. The van der Waals surface area contributed by atoms with E-state index in [4.69, 9.17) is 32.7 Å². The van der Waals surface area contributed by atoms with E-state index < -0.39 is 17.8 Å². The molecule has 182 valence electrons. The van der Waals surface area contributed by atoms with Crippen molar-refractivity contribution in [1.82, 2.24) is 14.8 Å². The predicted octanol–water partition coefficient (Wildman–Crippen LogP) is 4.74. The second-order valence-electron chi connectivity index (χ2n) is 6.95. The van der Waals surface area contributed by atoms with E-state index in [2.05, 4.69) is 22.1 Å².